The fraction of sp³-hybridized carbons (Fsp3) is 0.0769. The van der Waals surface area contributed by atoms with Crippen molar-refractivity contribution in [3.8, 4) is 11.8 Å². The van der Waals surface area contributed by atoms with Gasteiger partial charge in [-0.25, -0.2) is 4.98 Å². The topological polar surface area (TPSA) is 57.9 Å². The monoisotopic (exact) mass is 303 g/mol. The van der Waals surface area contributed by atoms with Gasteiger partial charge in [-0.05, 0) is 40.2 Å². The van der Waals surface area contributed by atoms with Crippen molar-refractivity contribution in [2.45, 2.75) is 0 Å². The van der Waals surface area contributed by atoms with E-state index in [1.165, 1.54) is 0 Å². The first-order valence-electron chi connectivity index (χ1n) is 5.19. The Bertz CT molecular complexity index is 607. The van der Waals surface area contributed by atoms with E-state index in [4.69, 9.17) is 10.00 Å². The number of hydrogen-bond acceptors (Lipinski definition) is 4. The van der Waals surface area contributed by atoms with Crippen LogP contribution >= 0.6 is 15.9 Å². The Labute approximate surface area is 113 Å². The molecule has 2 rings (SSSR count). The van der Waals surface area contributed by atoms with Crippen LogP contribution in [0.4, 0.5) is 11.4 Å². The summed E-state index contributed by atoms with van der Waals surface area (Å²) in [6, 6.07) is 11.2. The van der Waals surface area contributed by atoms with Gasteiger partial charge in [-0.2, -0.15) is 5.26 Å². The van der Waals surface area contributed by atoms with Crippen LogP contribution in [0.5, 0.6) is 5.75 Å². The van der Waals surface area contributed by atoms with Crippen molar-refractivity contribution in [2.75, 3.05) is 12.4 Å². The molecule has 0 saturated heterocycles. The summed E-state index contributed by atoms with van der Waals surface area (Å²) >= 11 is 3.39. The Morgan fingerprint density at radius 3 is 2.78 bits per heavy atom. The van der Waals surface area contributed by atoms with Crippen molar-refractivity contribution in [3.05, 3.63) is 46.7 Å². The molecule has 0 amide bonds. The van der Waals surface area contributed by atoms with Crippen molar-refractivity contribution in [1.29, 1.82) is 5.26 Å². The third-order valence-electron chi connectivity index (χ3n) is 2.31. The van der Waals surface area contributed by atoms with E-state index < -0.39 is 0 Å². The average molecular weight is 304 g/mol. The lowest BCUT2D eigenvalue weighted by Crippen LogP contribution is -1.93. The fourth-order valence-electron chi connectivity index (χ4n) is 1.47. The van der Waals surface area contributed by atoms with Gasteiger partial charge in [0.25, 0.3) is 0 Å². The molecule has 90 valence electrons. The van der Waals surface area contributed by atoms with Crippen LogP contribution in [-0.2, 0) is 0 Å². The molecule has 0 aliphatic rings. The molecule has 1 N–H and O–H groups in total. The summed E-state index contributed by atoms with van der Waals surface area (Å²) < 4.78 is 6.11. The van der Waals surface area contributed by atoms with Crippen LogP contribution in [-0.4, -0.2) is 12.1 Å². The molecule has 0 fully saturated rings. The van der Waals surface area contributed by atoms with Crippen LogP contribution in [0.1, 0.15) is 5.69 Å². The minimum Gasteiger partial charge on any atom is -0.495 e. The Morgan fingerprint density at radius 2 is 2.06 bits per heavy atom. The number of benzene rings is 1. The van der Waals surface area contributed by atoms with Gasteiger partial charge in [0.05, 0.1) is 11.6 Å². The number of aromatic nitrogens is 1. The third kappa shape index (κ3) is 2.79. The fourth-order valence-corrected chi connectivity index (χ4v) is 1.88. The zero-order valence-corrected chi connectivity index (χ0v) is 11.2. The number of hydrogen-bond donors (Lipinski definition) is 1. The van der Waals surface area contributed by atoms with Crippen molar-refractivity contribution in [1.82, 2.24) is 4.98 Å². The quantitative estimate of drug-likeness (QED) is 0.943. The zero-order valence-electron chi connectivity index (χ0n) is 9.64. The summed E-state index contributed by atoms with van der Waals surface area (Å²) in [7, 11) is 1.62. The summed E-state index contributed by atoms with van der Waals surface area (Å²) in [5.41, 5.74) is 2.07. The number of nitrogens with zero attached hydrogens (tertiary/aromatic N) is 2. The summed E-state index contributed by atoms with van der Waals surface area (Å²) in [6.45, 7) is 0. The van der Waals surface area contributed by atoms with E-state index in [2.05, 4.69) is 26.2 Å². The highest BCUT2D eigenvalue weighted by molar-refractivity contribution is 9.10. The normalized spacial score (nSPS) is 9.61. The summed E-state index contributed by atoms with van der Waals surface area (Å²) in [5, 5.41) is 12.0. The molecule has 0 saturated carbocycles. The van der Waals surface area contributed by atoms with Crippen molar-refractivity contribution < 1.29 is 4.74 Å². The number of rotatable bonds is 3. The highest BCUT2D eigenvalue weighted by Crippen LogP contribution is 2.29. The van der Waals surface area contributed by atoms with Crippen LogP contribution < -0.4 is 10.1 Å². The summed E-state index contributed by atoms with van der Waals surface area (Å²) in [4.78, 5) is 3.91. The lowest BCUT2D eigenvalue weighted by atomic mass is 10.2. The molecule has 0 radical (unpaired) electrons. The van der Waals surface area contributed by atoms with Crippen LogP contribution in [0, 0.1) is 11.3 Å². The van der Waals surface area contributed by atoms with Crippen molar-refractivity contribution >= 4 is 27.3 Å². The molecule has 18 heavy (non-hydrogen) atoms. The summed E-state index contributed by atoms with van der Waals surface area (Å²) in [6.07, 6.45) is 1.59. The first-order chi connectivity index (χ1) is 8.72. The largest absolute Gasteiger partial charge is 0.495 e. The van der Waals surface area contributed by atoms with Gasteiger partial charge in [0, 0.05) is 23.6 Å². The molecule has 5 heteroatoms. The van der Waals surface area contributed by atoms with Crippen molar-refractivity contribution in [2.24, 2.45) is 0 Å². The molecular weight excluding hydrogens is 294 g/mol. The highest BCUT2D eigenvalue weighted by Gasteiger charge is 2.02. The van der Waals surface area contributed by atoms with E-state index in [9.17, 15) is 0 Å². The maximum absolute atomic E-state index is 8.78. The highest BCUT2D eigenvalue weighted by atomic mass is 79.9. The summed E-state index contributed by atoms with van der Waals surface area (Å²) in [5.74, 6) is 0.745. The Hall–Kier alpha value is -2.06. The molecule has 1 aromatic heterocycles. The Morgan fingerprint density at radius 1 is 1.28 bits per heavy atom. The van der Waals surface area contributed by atoms with Crippen LogP contribution in [0.3, 0.4) is 0 Å². The van der Waals surface area contributed by atoms with Crippen molar-refractivity contribution in [3.63, 3.8) is 0 Å². The SMILES string of the molecule is COc1cc(Nc2ccnc(C#N)c2)ccc1Br. The smallest absolute Gasteiger partial charge is 0.142 e. The van der Waals surface area contributed by atoms with Gasteiger partial charge in [0.2, 0.25) is 0 Å². The maximum Gasteiger partial charge on any atom is 0.142 e. The van der Waals surface area contributed by atoms with Crippen LogP contribution in [0.2, 0.25) is 0 Å². The first kappa shape index (κ1) is 12.4. The Kier molecular flexibility index (Phi) is 3.80. The number of pyridine rings is 1. The van der Waals surface area contributed by atoms with Crippen LogP contribution in [0.25, 0.3) is 0 Å². The van der Waals surface area contributed by atoms with Gasteiger partial charge in [0.15, 0.2) is 0 Å². The number of nitrogens with one attached hydrogen (secondary N) is 1. The standard InChI is InChI=1S/C13H10BrN3O/c1-18-13-7-9(2-3-12(13)14)17-10-4-5-16-11(6-10)8-15/h2-7H,1H3,(H,16,17). The number of halogens is 1. The predicted molar refractivity (Wildman–Crippen MR) is 72.9 cm³/mol. The molecule has 0 atom stereocenters. The number of nitriles is 1. The van der Waals surface area contributed by atoms with Gasteiger partial charge in [-0.3, -0.25) is 0 Å². The molecule has 0 bridgehead atoms. The lowest BCUT2D eigenvalue weighted by molar-refractivity contribution is 0.412. The molecule has 1 aromatic carbocycles. The van der Waals surface area contributed by atoms with E-state index in [0.29, 0.717) is 5.69 Å². The minimum absolute atomic E-state index is 0.379. The minimum atomic E-state index is 0.379. The lowest BCUT2D eigenvalue weighted by Gasteiger charge is -2.09. The van der Waals surface area contributed by atoms with E-state index in [0.717, 1.165) is 21.6 Å². The maximum atomic E-state index is 8.78. The second-order valence-electron chi connectivity index (χ2n) is 3.52. The van der Waals surface area contributed by atoms with E-state index in [-0.39, 0.29) is 0 Å². The zero-order chi connectivity index (χ0) is 13.0. The molecule has 0 aliphatic carbocycles. The molecule has 0 unspecified atom stereocenters. The number of anilines is 2. The average Bonchev–Trinajstić information content (AvgIpc) is 2.41. The van der Waals surface area contributed by atoms with E-state index >= 15 is 0 Å². The van der Waals surface area contributed by atoms with Gasteiger partial charge >= 0.3 is 0 Å². The molecule has 4 nitrogen and oxygen atoms in total. The van der Waals surface area contributed by atoms with Gasteiger partial charge in [-0.1, -0.05) is 0 Å². The number of ether oxygens (including phenoxy) is 1. The van der Waals surface area contributed by atoms with Gasteiger partial charge < -0.3 is 10.1 Å². The number of methoxy groups -OCH3 is 1. The first-order valence-corrected chi connectivity index (χ1v) is 5.99. The molecule has 0 spiro atoms. The third-order valence-corrected chi connectivity index (χ3v) is 2.97. The van der Waals surface area contributed by atoms with Gasteiger partial charge in [0.1, 0.15) is 17.5 Å². The molecule has 1 heterocycles. The molecule has 2 aromatic rings. The Balaban J connectivity index is 2.26. The molecule has 0 aliphatic heterocycles. The molecular formula is C13H10BrN3O. The van der Waals surface area contributed by atoms with Crippen LogP contribution in [0.15, 0.2) is 41.0 Å². The second kappa shape index (κ2) is 5.52. The predicted octanol–water partition coefficient (Wildman–Crippen LogP) is 3.47. The van der Waals surface area contributed by atoms with E-state index in [1.807, 2.05) is 24.3 Å². The van der Waals surface area contributed by atoms with Gasteiger partial charge in [-0.15, -0.1) is 0 Å². The second-order valence-corrected chi connectivity index (χ2v) is 4.37. The van der Waals surface area contributed by atoms with E-state index in [1.54, 1.807) is 25.4 Å².